The van der Waals surface area contributed by atoms with Crippen LogP contribution in [-0.4, -0.2) is 12.6 Å². The van der Waals surface area contributed by atoms with Gasteiger partial charge in [0.25, 0.3) is 0 Å². The number of rotatable bonds is 4. The largest absolute Gasteiger partial charge is 0.465 e. The number of unbranched alkanes of at least 4 members (excludes halogenated alkanes) is 1. The fraction of sp³-hybridized carbons (Fsp3) is 0.933. The van der Waals surface area contributed by atoms with Gasteiger partial charge in [0.2, 0.25) is 0 Å². The molecule has 0 saturated heterocycles. The van der Waals surface area contributed by atoms with Crippen LogP contribution in [-0.2, 0) is 9.53 Å². The summed E-state index contributed by atoms with van der Waals surface area (Å²) < 4.78 is 5.46. The van der Waals surface area contributed by atoms with Crippen molar-refractivity contribution < 1.29 is 9.53 Å². The molecule has 0 heterocycles. The molecule has 0 aliphatic heterocycles. The average Bonchev–Trinajstić information content (AvgIpc) is 2.13. The number of hydrogen-bond acceptors (Lipinski definition) is 2. The lowest BCUT2D eigenvalue weighted by atomic mass is 9.55. The highest BCUT2D eigenvalue weighted by atomic mass is 16.5. The van der Waals surface area contributed by atoms with E-state index in [1.165, 1.54) is 0 Å². The van der Waals surface area contributed by atoms with E-state index < -0.39 is 5.41 Å². The van der Waals surface area contributed by atoms with Crippen LogP contribution in [0.5, 0.6) is 0 Å². The SMILES string of the molecule is CCCCOC(=O)C(C)(C(C)(C)C)C(C)(C)C. The molecule has 0 rings (SSSR count). The van der Waals surface area contributed by atoms with Crippen LogP contribution in [0.4, 0.5) is 0 Å². The van der Waals surface area contributed by atoms with Crippen molar-refractivity contribution in [3.05, 3.63) is 0 Å². The van der Waals surface area contributed by atoms with Gasteiger partial charge in [-0.1, -0.05) is 54.9 Å². The van der Waals surface area contributed by atoms with E-state index in [9.17, 15) is 4.79 Å². The van der Waals surface area contributed by atoms with Gasteiger partial charge in [-0.3, -0.25) is 4.79 Å². The standard InChI is InChI=1S/C15H30O2/c1-9-10-11-17-12(16)15(8,13(2,3)4)14(5,6)7/h9-11H2,1-8H3. The van der Waals surface area contributed by atoms with Gasteiger partial charge in [0.15, 0.2) is 0 Å². The maximum absolute atomic E-state index is 12.4. The Kier molecular flexibility index (Phi) is 5.24. The van der Waals surface area contributed by atoms with Crippen molar-refractivity contribution in [3.63, 3.8) is 0 Å². The first kappa shape index (κ1) is 16.5. The van der Waals surface area contributed by atoms with E-state index in [-0.39, 0.29) is 16.8 Å². The van der Waals surface area contributed by atoms with Crippen molar-refractivity contribution in [3.8, 4) is 0 Å². The van der Waals surface area contributed by atoms with E-state index in [4.69, 9.17) is 4.74 Å². The molecular formula is C15H30O2. The lowest BCUT2D eigenvalue weighted by molar-refractivity contribution is -0.172. The molecule has 102 valence electrons. The van der Waals surface area contributed by atoms with Crippen molar-refractivity contribution in [2.24, 2.45) is 16.2 Å². The van der Waals surface area contributed by atoms with Gasteiger partial charge < -0.3 is 4.74 Å². The molecule has 0 aliphatic rings. The fourth-order valence-electron chi connectivity index (χ4n) is 2.19. The van der Waals surface area contributed by atoms with Crippen LogP contribution in [0.1, 0.15) is 68.2 Å². The molecule has 0 saturated carbocycles. The van der Waals surface area contributed by atoms with Gasteiger partial charge in [-0.25, -0.2) is 0 Å². The van der Waals surface area contributed by atoms with Crippen LogP contribution in [0.2, 0.25) is 0 Å². The number of hydrogen-bond donors (Lipinski definition) is 0. The van der Waals surface area contributed by atoms with E-state index in [0.717, 1.165) is 12.8 Å². The molecule has 0 radical (unpaired) electrons. The van der Waals surface area contributed by atoms with E-state index in [0.29, 0.717) is 6.61 Å². The van der Waals surface area contributed by atoms with Crippen molar-refractivity contribution in [1.29, 1.82) is 0 Å². The van der Waals surface area contributed by atoms with E-state index >= 15 is 0 Å². The van der Waals surface area contributed by atoms with Gasteiger partial charge in [0.05, 0.1) is 12.0 Å². The molecule has 0 unspecified atom stereocenters. The number of esters is 1. The van der Waals surface area contributed by atoms with Gasteiger partial charge in [-0.05, 0) is 24.2 Å². The van der Waals surface area contributed by atoms with Crippen LogP contribution >= 0.6 is 0 Å². The molecule has 0 aromatic heterocycles. The Morgan fingerprint density at radius 1 is 0.941 bits per heavy atom. The maximum atomic E-state index is 12.4. The topological polar surface area (TPSA) is 26.3 Å². The summed E-state index contributed by atoms with van der Waals surface area (Å²) in [5.74, 6) is -0.0639. The average molecular weight is 242 g/mol. The lowest BCUT2D eigenvalue weighted by Crippen LogP contribution is -2.50. The number of ether oxygens (including phenoxy) is 1. The third-order valence-electron chi connectivity index (χ3n) is 4.14. The van der Waals surface area contributed by atoms with Crippen molar-refractivity contribution in [2.45, 2.75) is 68.2 Å². The van der Waals surface area contributed by atoms with Gasteiger partial charge in [-0.15, -0.1) is 0 Å². The van der Waals surface area contributed by atoms with E-state index in [1.54, 1.807) is 0 Å². The number of carbonyl (C=O) groups excluding carboxylic acids is 1. The first-order chi connectivity index (χ1) is 7.48. The summed E-state index contributed by atoms with van der Waals surface area (Å²) in [6, 6.07) is 0. The molecule has 0 N–H and O–H groups in total. The minimum absolute atomic E-state index is 0.0639. The summed E-state index contributed by atoms with van der Waals surface area (Å²) >= 11 is 0. The molecule has 0 amide bonds. The monoisotopic (exact) mass is 242 g/mol. The third kappa shape index (κ3) is 3.46. The molecule has 2 nitrogen and oxygen atoms in total. The molecule has 0 spiro atoms. The Labute approximate surface area is 107 Å². The molecule has 0 bridgehead atoms. The predicted molar refractivity (Wildman–Crippen MR) is 72.9 cm³/mol. The van der Waals surface area contributed by atoms with Crippen LogP contribution in [0.3, 0.4) is 0 Å². The van der Waals surface area contributed by atoms with Crippen molar-refractivity contribution >= 4 is 5.97 Å². The zero-order valence-corrected chi connectivity index (χ0v) is 12.9. The van der Waals surface area contributed by atoms with Crippen LogP contribution in [0.15, 0.2) is 0 Å². The van der Waals surface area contributed by atoms with Gasteiger partial charge >= 0.3 is 5.97 Å². The van der Waals surface area contributed by atoms with Crippen molar-refractivity contribution in [2.75, 3.05) is 6.61 Å². The summed E-state index contributed by atoms with van der Waals surface area (Å²) in [7, 11) is 0. The highest BCUT2D eigenvalue weighted by Crippen LogP contribution is 2.52. The fourth-order valence-corrected chi connectivity index (χ4v) is 2.19. The Morgan fingerprint density at radius 3 is 1.65 bits per heavy atom. The molecule has 2 heteroatoms. The first-order valence-electron chi connectivity index (χ1n) is 6.65. The van der Waals surface area contributed by atoms with Gasteiger partial charge in [0, 0.05) is 0 Å². The van der Waals surface area contributed by atoms with Gasteiger partial charge in [-0.2, -0.15) is 0 Å². The molecular weight excluding hydrogens is 212 g/mol. The molecule has 0 aliphatic carbocycles. The van der Waals surface area contributed by atoms with E-state index in [1.807, 2.05) is 6.92 Å². The summed E-state index contributed by atoms with van der Waals surface area (Å²) in [6.45, 7) is 17.3. The molecule has 0 aromatic rings. The van der Waals surface area contributed by atoms with Crippen LogP contribution in [0, 0.1) is 16.2 Å². The summed E-state index contributed by atoms with van der Waals surface area (Å²) in [4.78, 5) is 12.4. The lowest BCUT2D eigenvalue weighted by Gasteiger charge is -2.48. The van der Waals surface area contributed by atoms with Crippen LogP contribution < -0.4 is 0 Å². The second-order valence-electron chi connectivity index (χ2n) is 7.11. The predicted octanol–water partition coefficient (Wildman–Crippen LogP) is 4.43. The summed E-state index contributed by atoms with van der Waals surface area (Å²) in [6.07, 6.45) is 1.99. The molecule has 0 aromatic carbocycles. The van der Waals surface area contributed by atoms with Crippen LogP contribution in [0.25, 0.3) is 0 Å². The quantitative estimate of drug-likeness (QED) is 0.538. The Balaban J connectivity index is 5.03. The minimum atomic E-state index is -0.478. The first-order valence-corrected chi connectivity index (χ1v) is 6.65. The summed E-state index contributed by atoms with van der Waals surface area (Å²) in [5, 5.41) is 0. The zero-order valence-electron chi connectivity index (χ0n) is 12.9. The normalized spacial score (nSPS) is 13.6. The smallest absolute Gasteiger partial charge is 0.312 e. The summed E-state index contributed by atoms with van der Waals surface area (Å²) in [5.41, 5.74) is -0.711. The molecule has 17 heavy (non-hydrogen) atoms. The zero-order chi connectivity index (χ0) is 13.9. The minimum Gasteiger partial charge on any atom is -0.465 e. The molecule has 0 atom stereocenters. The third-order valence-corrected chi connectivity index (χ3v) is 4.14. The van der Waals surface area contributed by atoms with Crippen molar-refractivity contribution in [1.82, 2.24) is 0 Å². The number of carbonyl (C=O) groups is 1. The highest BCUT2D eigenvalue weighted by Gasteiger charge is 2.53. The Morgan fingerprint density at radius 2 is 1.35 bits per heavy atom. The second kappa shape index (κ2) is 5.41. The van der Waals surface area contributed by atoms with Gasteiger partial charge in [0.1, 0.15) is 0 Å². The molecule has 0 fully saturated rings. The van der Waals surface area contributed by atoms with E-state index in [2.05, 4.69) is 48.5 Å². The second-order valence-corrected chi connectivity index (χ2v) is 7.11. The Bertz CT molecular complexity index is 239. The highest BCUT2D eigenvalue weighted by molar-refractivity contribution is 5.78. The Hall–Kier alpha value is -0.530. The maximum Gasteiger partial charge on any atom is 0.312 e.